The molecule has 0 aromatic heterocycles. The van der Waals surface area contributed by atoms with Gasteiger partial charge >= 0.3 is 17.9 Å². The van der Waals surface area contributed by atoms with Gasteiger partial charge in [-0.3, -0.25) is 14.4 Å². The number of hydrogen-bond acceptors (Lipinski definition) is 6. The quantitative estimate of drug-likeness (QED) is 0.0263. The summed E-state index contributed by atoms with van der Waals surface area (Å²) in [5.41, 5.74) is 0. The zero-order valence-corrected chi connectivity index (χ0v) is 40.7. The summed E-state index contributed by atoms with van der Waals surface area (Å²) in [7, 11) is 0. The number of carbonyl (C=O) groups is 3. The Kier molecular flexibility index (Phi) is 47.3. The molecule has 0 aliphatic heterocycles. The first-order chi connectivity index (χ1) is 32.0. The minimum atomic E-state index is -0.828. The Balaban J connectivity index is 4.62. The van der Waals surface area contributed by atoms with E-state index in [1.54, 1.807) is 0 Å². The minimum Gasteiger partial charge on any atom is -0.462 e. The van der Waals surface area contributed by atoms with Gasteiger partial charge in [-0.25, -0.2) is 0 Å². The molecule has 358 valence electrons. The third-order valence-electron chi connectivity index (χ3n) is 9.55. The summed E-state index contributed by atoms with van der Waals surface area (Å²) in [6.45, 7) is 6.10. The van der Waals surface area contributed by atoms with Gasteiger partial charge in [-0.2, -0.15) is 0 Å². The summed E-state index contributed by atoms with van der Waals surface area (Å²) in [4.78, 5) is 38.0. The van der Waals surface area contributed by atoms with Crippen molar-refractivity contribution in [1.82, 2.24) is 0 Å². The van der Waals surface area contributed by atoms with Gasteiger partial charge in [0, 0.05) is 19.3 Å². The van der Waals surface area contributed by atoms with Crippen molar-refractivity contribution in [2.45, 2.75) is 168 Å². The average Bonchev–Trinajstić information content (AvgIpc) is 3.30. The Bertz CT molecular complexity index is 1590. The molecule has 0 rings (SSSR count). The molecule has 0 N–H and O–H groups in total. The van der Waals surface area contributed by atoms with Crippen LogP contribution >= 0.6 is 0 Å². The van der Waals surface area contributed by atoms with Crippen molar-refractivity contribution < 1.29 is 28.6 Å². The minimum absolute atomic E-state index is 0.125. The SMILES string of the molecule is CC\C=C/C=C\C=C/C=C\C=C\C=C/CCCCCC(=O)OCC(COC(=O)CCCCCCC\C=C/C=C\C=C/C=C\CC)OC(=O)CCCCCCC\C=C/C=C\C=C/C=C\CC. The van der Waals surface area contributed by atoms with Gasteiger partial charge in [0.1, 0.15) is 13.2 Å². The fourth-order valence-corrected chi connectivity index (χ4v) is 5.90. The number of rotatable bonds is 41. The molecule has 0 aromatic rings. The van der Waals surface area contributed by atoms with Crippen molar-refractivity contribution in [2.24, 2.45) is 0 Å². The highest BCUT2D eigenvalue weighted by Crippen LogP contribution is 2.12. The lowest BCUT2D eigenvalue weighted by molar-refractivity contribution is -0.167. The highest BCUT2D eigenvalue weighted by Gasteiger charge is 2.19. The number of esters is 3. The number of unbranched alkanes of at least 4 members (excludes halogenated alkanes) is 13. The van der Waals surface area contributed by atoms with Crippen LogP contribution in [0.5, 0.6) is 0 Å². The maximum absolute atomic E-state index is 12.8. The second-order valence-corrected chi connectivity index (χ2v) is 15.6. The summed E-state index contributed by atoms with van der Waals surface area (Å²) >= 11 is 0. The van der Waals surface area contributed by atoms with E-state index in [0.29, 0.717) is 12.8 Å². The number of hydrogen-bond donors (Lipinski definition) is 0. The van der Waals surface area contributed by atoms with Gasteiger partial charge < -0.3 is 14.2 Å². The van der Waals surface area contributed by atoms with Crippen molar-refractivity contribution in [2.75, 3.05) is 13.2 Å². The molecule has 6 nitrogen and oxygen atoms in total. The molecule has 0 aromatic carbocycles. The van der Waals surface area contributed by atoms with E-state index in [-0.39, 0.29) is 44.0 Å². The van der Waals surface area contributed by atoms with Gasteiger partial charge in [0.15, 0.2) is 6.10 Å². The molecular weight excluding hydrogens is 805 g/mol. The van der Waals surface area contributed by atoms with Crippen LogP contribution in [0.2, 0.25) is 0 Å². The molecular formula is C59H86O6. The fourth-order valence-electron chi connectivity index (χ4n) is 5.90. The van der Waals surface area contributed by atoms with E-state index in [4.69, 9.17) is 14.2 Å². The third-order valence-corrected chi connectivity index (χ3v) is 9.55. The van der Waals surface area contributed by atoms with Crippen molar-refractivity contribution in [3.63, 3.8) is 0 Å². The molecule has 0 bridgehead atoms. The molecule has 0 heterocycles. The molecule has 0 saturated carbocycles. The van der Waals surface area contributed by atoms with Crippen LogP contribution in [0.25, 0.3) is 0 Å². The average molecular weight is 891 g/mol. The van der Waals surface area contributed by atoms with Crippen LogP contribution in [0.4, 0.5) is 0 Å². The molecule has 0 radical (unpaired) electrons. The van der Waals surface area contributed by atoms with Gasteiger partial charge in [0.25, 0.3) is 0 Å². The highest BCUT2D eigenvalue weighted by atomic mass is 16.6. The summed E-state index contributed by atoms with van der Waals surface area (Å²) in [5.74, 6) is -1.03. The van der Waals surface area contributed by atoms with E-state index < -0.39 is 6.10 Å². The van der Waals surface area contributed by atoms with Crippen LogP contribution in [0.1, 0.15) is 162 Å². The highest BCUT2D eigenvalue weighted by molar-refractivity contribution is 5.71. The van der Waals surface area contributed by atoms with Crippen molar-refractivity contribution in [3.8, 4) is 0 Å². The summed E-state index contributed by atoms with van der Waals surface area (Å²) in [6.07, 6.45) is 76.1. The van der Waals surface area contributed by atoms with Gasteiger partial charge in [0.2, 0.25) is 0 Å². The maximum atomic E-state index is 12.8. The summed E-state index contributed by atoms with van der Waals surface area (Å²) < 4.78 is 16.7. The molecule has 0 spiro atoms. The van der Waals surface area contributed by atoms with E-state index >= 15 is 0 Å². The van der Waals surface area contributed by atoms with Gasteiger partial charge in [-0.15, -0.1) is 0 Å². The molecule has 0 amide bonds. The van der Waals surface area contributed by atoms with Gasteiger partial charge in [-0.05, 0) is 77.0 Å². The van der Waals surface area contributed by atoms with Crippen LogP contribution in [-0.2, 0) is 28.6 Å². The molecule has 65 heavy (non-hydrogen) atoms. The zero-order chi connectivity index (χ0) is 47.2. The van der Waals surface area contributed by atoms with Gasteiger partial charge in [-0.1, -0.05) is 236 Å². The van der Waals surface area contributed by atoms with Gasteiger partial charge in [0.05, 0.1) is 0 Å². The van der Waals surface area contributed by atoms with Crippen LogP contribution < -0.4 is 0 Å². The van der Waals surface area contributed by atoms with Crippen LogP contribution in [0, 0.1) is 0 Å². The van der Waals surface area contributed by atoms with Crippen LogP contribution in [0.3, 0.4) is 0 Å². The standard InChI is InChI=1S/C59H86O6/c1-4-7-10-13-16-19-22-25-28-29-32-34-37-40-43-46-49-52-58(61)64-55-56(65-59(62)53-50-47-44-41-38-35-31-27-24-21-18-15-12-9-6-3)54-63-57(60)51-48-45-42-39-36-33-30-26-23-20-17-14-11-8-5-2/h7-32,34,37,56H,4-6,33,35-36,38-55H2,1-3H3/b10-7-,11-8-,12-9-,16-13-,17-14-,18-15-,22-19-,23-20-,24-21-,28-25-,30-26-,31-27-,32-29+,37-34-. The maximum Gasteiger partial charge on any atom is 0.306 e. The molecule has 6 heteroatoms. The van der Waals surface area contributed by atoms with E-state index in [1.165, 1.54) is 0 Å². The van der Waals surface area contributed by atoms with E-state index in [0.717, 1.165) is 116 Å². The first-order valence-corrected chi connectivity index (χ1v) is 24.8. The lowest BCUT2D eigenvalue weighted by Gasteiger charge is -2.18. The second kappa shape index (κ2) is 51.4. The monoisotopic (exact) mass is 891 g/mol. The van der Waals surface area contributed by atoms with E-state index in [9.17, 15) is 14.4 Å². The van der Waals surface area contributed by atoms with E-state index in [2.05, 4.69) is 81.5 Å². The Morgan fingerprint density at radius 3 is 0.877 bits per heavy atom. The predicted molar refractivity (Wildman–Crippen MR) is 278 cm³/mol. The Morgan fingerprint density at radius 2 is 0.554 bits per heavy atom. The smallest absolute Gasteiger partial charge is 0.306 e. The Labute approximate surface area is 396 Å². The lowest BCUT2D eigenvalue weighted by atomic mass is 10.1. The number of carbonyl (C=O) groups excluding carboxylic acids is 3. The Hall–Kier alpha value is -5.23. The topological polar surface area (TPSA) is 78.9 Å². The largest absolute Gasteiger partial charge is 0.462 e. The van der Waals surface area contributed by atoms with Crippen LogP contribution in [-0.4, -0.2) is 37.2 Å². The first kappa shape index (κ1) is 59.8. The van der Waals surface area contributed by atoms with Crippen molar-refractivity contribution in [3.05, 3.63) is 170 Å². The first-order valence-electron chi connectivity index (χ1n) is 24.8. The molecule has 0 aliphatic carbocycles. The summed E-state index contributed by atoms with van der Waals surface area (Å²) in [6, 6.07) is 0. The van der Waals surface area contributed by atoms with Crippen LogP contribution in [0.15, 0.2) is 170 Å². The zero-order valence-electron chi connectivity index (χ0n) is 40.7. The predicted octanol–water partition coefficient (Wildman–Crippen LogP) is 16.4. The molecule has 1 atom stereocenters. The van der Waals surface area contributed by atoms with Crippen molar-refractivity contribution >= 4 is 17.9 Å². The second-order valence-electron chi connectivity index (χ2n) is 15.6. The van der Waals surface area contributed by atoms with E-state index in [1.807, 2.05) is 109 Å². The third kappa shape index (κ3) is 49.6. The molecule has 0 aliphatic rings. The lowest BCUT2D eigenvalue weighted by Crippen LogP contribution is -2.30. The number of ether oxygens (including phenoxy) is 3. The normalized spacial score (nSPS) is 13.6. The Morgan fingerprint density at radius 1 is 0.308 bits per heavy atom. The van der Waals surface area contributed by atoms with Crippen molar-refractivity contribution in [1.29, 1.82) is 0 Å². The summed E-state index contributed by atoms with van der Waals surface area (Å²) in [5, 5.41) is 0. The fraction of sp³-hybridized carbons (Fsp3) is 0.475. The number of allylic oxidation sites excluding steroid dienone is 28. The molecule has 0 saturated heterocycles. The molecule has 1 unspecified atom stereocenters. The molecule has 0 fully saturated rings.